The van der Waals surface area contributed by atoms with Crippen molar-refractivity contribution in [2.24, 2.45) is 5.92 Å². The first-order valence-corrected chi connectivity index (χ1v) is 6.33. The van der Waals surface area contributed by atoms with Crippen LogP contribution in [0.25, 0.3) is 0 Å². The number of likely N-dealkylation sites (tertiary alicyclic amines) is 1. The first kappa shape index (κ1) is 12.7. The van der Waals surface area contributed by atoms with E-state index in [0.717, 1.165) is 19.0 Å². The number of hydrogen-bond acceptors (Lipinski definition) is 2. The fourth-order valence-corrected chi connectivity index (χ4v) is 2.33. The summed E-state index contributed by atoms with van der Waals surface area (Å²) in [7, 11) is 0. The van der Waals surface area contributed by atoms with Crippen LogP contribution in [0.5, 0.6) is 0 Å². The molecule has 0 amide bonds. The molecule has 1 N–H and O–H groups in total. The molecule has 1 aliphatic rings. The Hall–Kier alpha value is -0.340. The molecule has 1 fully saturated rings. The molecule has 0 aromatic carbocycles. The average Bonchev–Trinajstić information content (AvgIpc) is 2.29. The van der Waals surface area contributed by atoms with Gasteiger partial charge in [0, 0.05) is 19.1 Å². The average molecular weight is 210 g/mol. The van der Waals surface area contributed by atoms with E-state index in [1.165, 1.54) is 32.4 Å². The van der Waals surface area contributed by atoms with Crippen LogP contribution in [-0.4, -0.2) is 37.1 Å². The van der Waals surface area contributed by atoms with E-state index in [9.17, 15) is 0 Å². The lowest BCUT2D eigenvalue weighted by molar-refractivity contribution is 0.138. The lowest BCUT2D eigenvalue weighted by Gasteiger charge is -2.35. The number of nitrogens with zero attached hydrogens (tertiary/aromatic N) is 1. The monoisotopic (exact) mass is 210 g/mol. The van der Waals surface area contributed by atoms with E-state index in [0.29, 0.717) is 6.04 Å². The van der Waals surface area contributed by atoms with Crippen molar-refractivity contribution >= 4 is 0 Å². The predicted molar refractivity (Wildman–Crippen MR) is 67.1 cm³/mol. The zero-order chi connectivity index (χ0) is 11.1. The smallest absolute Gasteiger partial charge is 0.0192 e. The van der Waals surface area contributed by atoms with E-state index in [1.807, 2.05) is 6.08 Å². The molecule has 1 aliphatic heterocycles. The maximum Gasteiger partial charge on any atom is 0.0192 e. The second-order valence-electron chi connectivity index (χ2n) is 4.68. The van der Waals surface area contributed by atoms with E-state index < -0.39 is 0 Å². The Labute approximate surface area is 94.7 Å². The second kappa shape index (κ2) is 7.02. The van der Waals surface area contributed by atoms with Gasteiger partial charge in [0.1, 0.15) is 0 Å². The van der Waals surface area contributed by atoms with Crippen LogP contribution in [0.3, 0.4) is 0 Å². The fourth-order valence-electron chi connectivity index (χ4n) is 2.33. The molecule has 2 nitrogen and oxygen atoms in total. The van der Waals surface area contributed by atoms with Crippen molar-refractivity contribution in [3.05, 3.63) is 12.7 Å². The molecule has 1 saturated heterocycles. The first-order chi connectivity index (χ1) is 7.27. The van der Waals surface area contributed by atoms with Gasteiger partial charge in [0.15, 0.2) is 0 Å². The van der Waals surface area contributed by atoms with Gasteiger partial charge in [-0.2, -0.15) is 0 Å². The summed E-state index contributed by atoms with van der Waals surface area (Å²) in [4.78, 5) is 2.61. The van der Waals surface area contributed by atoms with Gasteiger partial charge >= 0.3 is 0 Å². The number of piperidine rings is 1. The zero-order valence-electron chi connectivity index (χ0n) is 10.3. The summed E-state index contributed by atoms with van der Waals surface area (Å²) < 4.78 is 0. The van der Waals surface area contributed by atoms with Gasteiger partial charge in [-0.1, -0.05) is 19.4 Å². The molecule has 0 aliphatic carbocycles. The standard InChI is InChI=1S/C13H26N2/c1-4-8-14-11-12(3)15-9-6-13(5-2)7-10-15/h4,12-14H,1,5-11H2,2-3H3. The minimum Gasteiger partial charge on any atom is -0.312 e. The van der Waals surface area contributed by atoms with Crippen LogP contribution in [0.2, 0.25) is 0 Å². The molecule has 1 atom stereocenters. The largest absolute Gasteiger partial charge is 0.312 e. The molecule has 0 aromatic rings. The molecule has 0 bridgehead atoms. The van der Waals surface area contributed by atoms with Gasteiger partial charge in [-0.05, 0) is 38.8 Å². The molecular weight excluding hydrogens is 184 g/mol. The van der Waals surface area contributed by atoms with Gasteiger partial charge < -0.3 is 5.32 Å². The third kappa shape index (κ3) is 4.35. The molecule has 88 valence electrons. The third-order valence-electron chi connectivity index (χ3n) is 3.58. The van der Waals surface area contributed by atoms with E-state index in [-0.39, 0.29) is 0 Å². The second-order valence-corrected chi connectivity index (χ2v) is 4.68. The summed E-state index contributed by atoms with van der Waals surface area (Å²) in [5.74, 6) is 0.981. The maximum atomic E-state index is 3.71. The van der Waals surface area contributed by atoms with Gasteiger partial charge in [-0.25, -0.2) is 0 Å². The molecule has 1 unspecified atom stereocenters. The van der Waals surface area contributed by atoms with Crippen molar-refractivity contribution in [3.8, 4) is 0 Å². The third-order valence-corrected chi connectivity index (χ3v) is 3.58. The molecule has 0 aromatic heterocycles. The van der Waals surface area contributed by atoms with Crippen LogP contribution in [0.1, 0.15) is 33.1 Å². The lowest BCUT2D eigenvalue weighted by Crippen LogP contribution is -2.44. The molecule has 0 spiro atoms. The van der Waals surface area contributed by atoms with Gasteiger partial charge in [-0.15, -0.1) is 6.58 Å². The molecule has 1 heterocycles. The highest BCUT2D eigenvalue weighted by Crippen LogP contribution is 2.20. The number of hydrogen-bond donors (Lipinski definition) is 1. The van der Waals surface area contributed by atoms with Crippen LogP contribution >= 0.6 is 0 Å². The molecule has 2 heteroatoms. The Bertz CT molecular complexity index is 171. The van der Waals surface area contributed by atoms with E-state index >= 15 is 0 Å². The van der Waals surface area contributed by atoms with E-state index in [4.69, 9.17) is 0 Å². The topological polar surface area (TPSA) is 15.3 Å². The van der Waals surface area contributed by atoms with Gasteiger partial charge in [0.2, 0.25) is 0 Å². The minimum absolute atomic E-state index is 0.669. The highest BCUT2D eigenvalue weighted by atomic mass is 15.2. The van der Waals surface area contributed by atoms with Crippen molar-refractivity contribution in [2.75, 3.05) is 26.2 Å². The van der Waals surface area contributed by atoms with Crippen molar-refractivity contribution in [1.82, 2.24) is 10.2 Å². The summed E-state index contributed by atoms with van der Waals surface area (Å²) in [5.41, 5.74) is 0. The summed E-state index contributed by atoms with van der Waals surface area (Å²) >= 11 is 0. The molecular formula is C13H26N2. The SMILES string of the molecule is C=CCNCC(C)N1CCC(CC)CC1. The van der Waals surface area contributed by atoms with Gasteiger partial charge in [-0.3, -0.25) is 4.90 Å². The summed E-state index contributed by atoms with van der Waals surface area (Å²) in [6.45, 7) is 12.9. The van der Waals surface area contributed by atoms with Crippen LogP contribution in [0.15, 0.2) is 12.7 Å². The quantitative estimate of drug-likeness (QED) is 0.534. The Morgan fingerprint density at radius 1 is 1.47 bits per heavy atom. The molecule has 0 saturated carbocycles. The normalized spacial score (nSPS) is 21.5. The van der Waals surface area contributed by atoms with Gasteiger partial charge in [0.05, 0.1) is 0 Å². The van der Waals surface area contributed by atoms with Crippen molar-refractivity contribution in [3.63, 3.8) is 0 Å². The molecule has 15 heavy (non-hydrogen) atoms. The Balaban J connectivity index is 2.17. The summed E-state index contributed by atoms with van der Waals surface area (Å²) in [6.07, 6.45) is 6.07. The van der Waals surface area contributed by atoms with Crippen LogP contribution < -0.4 is 5.32 Å². The molecule has 1 rings (SSSR count). The van der Waals surface area contributed by atoms with Crippen LogP contribution in [0.4, 0.5) is 0 Å². The number of rotatable bonds is 6. The fraction of sp³-hybridized carbons (Fsp3) is 0.846. The van der Waals surface area contributed by atoms with E-state index in [2.05, 4.69) is 30.6 Å². The molecule has 0 radical (unpaired) electrons. The minimum atomic E-state index is 0.669. The van der Waals surface area contributed by atoms with Gasteiger partial charge in [0.25, 0.3) is 0 Å². The first-order valence-electron chi connectivity index (χ1n) is 6.33. The summed E-state index contributed by atoms with van der Waals surface area (Å²) in [6, 6.07) is 0.669. The Kier molecular flexibility index (Phi) is 5.96. The summed E-state index contributed by atoms with van der Waals surface area (Å²) in [5, 5.41) is 3.40. The zero-order valence-corrected chi connectivity index (χ0v) is 10.3. The van der Waals surface area contributed by atoms with Crippen molar-refractivity contribution in [2.45, 2.75) is 39.2 Å². The van der Waals surface area contributed by atoms with Crippen LogP contribution in [0, 0.1) is 5.92 Å². The van der Waals surface area contributed by atoms with Crippen molar-refractivity contribution < 1.29 is 0 Å². The Morgan fingerprint density at radius 2 is 2.13 bits per heavy atom. The highest BCUT2D eigenvalue weighted by molar-refractivity contribution is 4.78. The maximum absolute atomic E-state index is 3.71. The Morgan fingerprint density at radius 3 is 2.67 bits per heavy atom. The lowest BCUT2D eigenvalue weighted by atomic mass is 9.94. The van der Waals surface area contributed by atoms with E-state index in [1.54, 1.807) is 0 Å². The highest BCUT2D eigenvalue weighted by Gasteiger charge is 2.20. The van der Waals surface area contributed by atoms with Crippen LogP contribution in [-0.2, 0) is 0 Å². The van der Waals surface area contributed by atoms with Crippen molar-refractivity contribution in [1.29, 1.82) is 0 Å². The number of nitrogens with one attached hydrogen (secondary N) is 1. The predicted octanol–water partition coefficient (Wildman–Crippen LogP) is 2.27.